The first-order chi connectivity index (χ1) is 24.6. The van der Waals surface area contributed by atoms with Crippen molar-refractivity contribution < 1.29 is 19.1 Å². The van der Waals surface area contributed by atoms with Gasteiger partial charge in [-0.15, -0.1) is 0 Å². The van der Waals surface area contributed by atoms with Gasteiger partial charge in [-0.1, -0.05) is 169 Å². The minimum Gasteiger partial charge on any atom is -0.496 e. The maximum Gasteiger partial charge on any atom is 0.209 e. The Morgan fingerprint density at radius 1 is 0.451 bits per heavy atom. The van der Waals surface area contributed by atoms with E-state index >= 15 is 0 Å². The van der Waals surface area contributed by atoms with Crippen LogP contribution in [0.25, 0.3) is 0 Å². The summed E-state index contributed by atoms with van der Waals surface area (Å²) in [7, 11) is 3.08. The van der Waals surface area contributed by atoms with Gasteiger partial charge in [-0.3, -0.25) is 9.59 Å². The van der Waals surface area contributed by atoms with E-state index in [0.717, 1.165) is 37.9 Å². The number of carbonyl (C=O) groups is 2. The van der Waals surface area contributed by atoms with Crippen LogP contribution >= 0.6 is 12.1 Å². The number of aryl methyl sites for hydroxylation is 3. The van der Waals surface area contributed by atoms with Crippen LogP contribution in [0, 0.1) is 20.8 Å². The maximum atomic E-state index is 13.8. The fraction of sp³-hybridized carbons (Fsp3) is 0.116. The molecule has 8 heteroatoms. The van der Waals surface area contributed by atoms with Crippen LogP contribution in [0.15, 0.2) is 152 Å². The second-order valence-electron chi connectivity index (χ2n) is 12.0. The van der Waals surface area contributed by atoms with Crippen LogP contribution in [0.3, 0.4) is 0 Å². The molecule has 0 aliphatic carbocycles. The van der Waals surface area contributed by atoms with Gasteiger partial charge in [0.1, 0.15) is 17.1 Å². The number of rotatable bonds is 10. The normalized spacial score (nSPS) is 11.2. The van der Waals surface area contributed by atoms with Crippen molar-refractivity contribution in [3.8, 4) is 11.5 Å². The van der Waals surface area contributed by atoms with E-state index in [2.05, 4.69) is 19.1 Å². The van der Waals surface area contributed by atoms with Crippen LogP contribution in [0.1, 0.15) is 37.4 Å². The van der Waals surface area contributed by atoms with Gasteiger partial charge in [0.2, 0.25) is 11.0 Å². The van der Waals surface area contributed by atoms with E-state index in [-0.39, 0.29) is 11.0 Å². The zero-order valence-corrected chi connectivity index (χ0v) is 32.7. The first-order valence-corrected chi connectivity index (χ1v) is 22.0. The summed E-state index contributed by atoms with van der Waals surface area (Å²) in [5, 5.41) is 3.58. The highest BCUT2D eigenvalue weighted by atomic mass is 32.4. The molecule has 0 unspecified atom stereocenters. The van der Waals surface area contributed by atoms with Gasteiger partial charge in [0.25, 0.3) is 0 Å². The third-order valence-electron chi connectivity index (χ3n) is 8.58. The van der Waals surface area contributed by atoms with Crippen LogP contribution in [-0.4, -0.2) is 25.3 Å². The molecule has 0 spiro atoms. The van der Waals surface area contributed by atoms with E-state index < -0.39 is 12.1 Å². The van der Waals surface area contributed by atoms with Crippen LogP contribution in [0.4, 0.5) is 0 Å². The summed E-state index contributed by atoms with van der Waals surface area (Å²) in [6.45, 7) is 6.06. The van der Waals surface area contributed by atoms with Gasteiger partial charge in [-0.05, 0) is 65.2 Å². The summed E-state index contributed by atoms with van der Waals surface area (Å²) in [6, 6.07) is 42.9. The lowest BCUT2D eigenvalue weighted by Gasteiger charge is -2.24. The molecule has 0 atom stereocenters. The van der Waals surface area contributed by atoms with E-state index in [1.807, 2.05) is 135 Å². The molecular formula is C43H40O4P2S2. The van der Waals surface area contributed by atoms with Gasteiger partial charge >= 0.3 is 0 Å². The van der Waals surface area contributed by atoms with Gasteiger partial charge in [0.05, 0.1) is 26.3 Å². The molecule has 258 valence electrons. The highest BCUT2D eigenvalue weighted by Crippen LogP contribution is 2.51. The predicted octanol–water partition coefficient (Wildman–Crippen LogP) is 8.86. The zero-order valence-electron chi connectivity index (χ0n) is 29.3. The highest BCUT2D eigenvalue weighted by Gasteiger charge is 2.36. The molecule has 0 amide bonds. The zero-order chi connectivity index (χ0) is 36.6. The molecule has 6 rings (SSSR count). The summed E-state index contributed by atoms with van der Waals surface area (Å²) in [5.41, 5.74) is 4.29. The van der Waals surface area contributed by atoms with E-state index in [1.54, 1.807) is 32.4 Å². The third kappa shape index (κ3) is 7.76. The van der Waals surface area contributed by atoms with Gasteiger partial charge in [0, 0.05) is 5.56 Å². The Morgan fingerprint density at radius 3 is 1.04 bits per heavy atom. The van der Waals surface area contributed by atoms with E-state index in [0.29, 0.717) is 17.1 Å². The smallest absolute Gasteiger partial charge is 0.209 e. The molecule has 4 nitrogen and oxygen atoms in total. The van der Waals surface area contributed by atoms with Crippen molar-refractivity contribution in [3.05, 3.63) is 179 Å². The van der Waals surface area contributed by atoms with Crippen LogP contribution in [0.2, 0.25) is 0 Å². The van der Waals surface area contributed by atoms with E-state index in [4.69, 9.17) is 33.1 Å². The van der Waals surface area contributed by atoms with Gasteiger partial charge in [-0.2, -0.15) is 0 Å². The molecule has 6 aromatic rings. The summed E-state index contributed by atoms with van der Waals surface area (Å²) in [6.07, 6.45) is 0. The van der Waals surface area contributed by atoms with Crippen LogP contribution in [-0.2, 0) is 23.6 Å². The number of hydrogen-bond acceptors (Lipinski definition) is 6. The standard InChI is InChI=1S/C22H21OPS.C21H19O3PS/c1-16-14-17(2)21(18(3)15-16)22(23)24(25,19-10-6-4-7-11-19)20-12-8-5-9-13-20;1-23-18-14-9-15-19(24-2)20(18)21(22)25(26,16-10-5-3-6-11-16)17-12-7-4-8-13-17/h4-15H,1-3H3;3-15H,1-2H3. The average Bonchev–Trinajstić information content (AvgIpc) is 3.17. The van der Waals surface area contributed by atoms with Crippen LogP contribution < -0.4 is 30.7 Å². The summed E-state index contributed by atoms with van der Waals surface area (Å²) in [5.74, 6) is 0.936. The van der Waals surface area contributed by atoms with Gasteiger partial charge in [-0.25, -0.2) is 0 Å². The van der Waals surface area contributed by atoms with Crippen molar-refractivity contribution in [1.29, 1.82) is 0 Å². The summed E-state index contributed by atoms with van der Waals surface area (Å²) in [4.78, 5) is 27.6. The minimum absolute atomic E-state index is 0.0786. The fourth-order valence-electron chi connectivity index (χ4n) is 6.21. The lowest BCUT2D eigenvalue weighted by Crippen LogP contribution is -2.23. The topological polar surface area (TPSA) is 52.6 Å². The second kappa shape index (κ2) is 16.7. The molecule has 0 fully saturated rings. The summed E-state index contributed by atoms with van der Waals surface area (Å²) >= 11 is 12.3. The average molecular weight is 747 g/mol. The molecule has 0 aliphatic rings. The molecule has 0 aromatic heterocycles. The molecule has 0 bridgehead atoms. The molecule has 0 heterocycles. The van der Waals surface area contributed by atoms with Crippen molar-refractivity contribution in [3.63, 3.8) is 0 Å². The van der Waals surface area contributed by atoms with Crippen molar-refractivity contribution in [2.45, 2.75) is 20.8 Å². The Morgan fingerprint density at radius 2 is 0.745 bits per heavy atom. The summed E-state index contributed by atoms with van der Waals surface area (Å²) < 4.78 is 10.9. The van der Waals surface area contributed by atoms with Crippen molar-refractivity contribution in [1.82, 2.24) is 0 Å². The molecule has 0 saturated heterocycles. The number of ether oxygens (including phenoxy) is 2. The Balaban J connectivity index is 0.000000198. The SMILES string of the molecule is COc1cccc(OC)c1C(=O)P(=S)(c1ccccc1)c1ccccc1.Cc1cc(C)c(C(=O)P(=S)(c2ccccc2)c2ccccc2)c(C)c1. The Hall–Kier alpha value is -4.44. The molecule has 0 radical (unpaired) electrons. The second-order valence-corrected chi connectivity index (χ2v) is 20.6. The molecular weight excluding hydrogens is 707 g/mol. The fourth-order valence-corrected chi connectivity index (χ4v) is 13.3. The third-order valence-corrected chi connectivity index (χ3v) is 17.8. The monoisotopic (exact) mass is 746 g/mol. The van der Waals surface area contributed by atoms with Gasteiger partial charge in [0.15, 0.2) is 0 Å². The number of hydrogen-bond donors (Lipinski definition) is 0. The molecule has 0 N–H and O–H groups in total. The molecule has 6 aromatic carbocycles. The first kappa shape index (κ1) is 37.8. The van der Waals surface area contributed by atoms with Crippen molar-refractivity contribution in [2.75, 3.05) is 14.2 Å². The molecule has 51 heavy (non-hydrogen) atoms. The largest absolute Gasteiger partial charge is 0.496 e. The van der Waals surface area contributed by atoms with Crippen molar-refractivity contribution >= 4 is 68.0 Å². The maximum absolute atomic E-state index is 13.8. The van der Waals surface area contributed by atoms with Gasteiger partial charge < -0.3 is 9.47 Å². The van der Waals surface area contributed by atoms with Crippen LogP contribution in [0.5, 0.6) is 11.5 Å². The van der Waals surface area contributed by atoms with E-state index in [9.17, 15) is 9.59 Å². The quantitative estimate of drug-likeness (QED) is 0.131. The Labute approximate surface area is 311 Å². The predicted molar refractivity (Wildman–Crippen MR) is 222 cm³/mol. The minimum atomic E-state index is -2.78. The number of benzene rings is 6. The number of carbonyl (C=O) groups excluding carboxylic acids is 2. The van der Waals surface area contributed by atoms with Crippen molar-refractivity contribution in [2.24, 2.45) is 0 Å². The molecule has 0 aliphatic heterocycles. The lowest BCUT2D eigenvalue weighted by atomic mass is 10.0. The van der Waals surface area contributed by atoms with E-state index in [1.165, 1.54) is 5.56 Å². The Bertz CT molecular complexity index is 2110. The Kier molecular flexibility index (Phi) is 12.4. The molecule has 0 saturated carbocycles. The lowest BCUT2D eigenvalue weighted by molar-refractivity contribution is 0.107. The highest BCUT2D eigenvalue weighted by molar-refractivity contribution is 8.30. The number of methoxy groups -OCH3 is 2. The first-order valence-electron chi connectivity index (χ1n) is 16.4.